The van der Waals surface area contributed by atoms with Crippen LogP contribution in [0.3, 0.4) is 0 Å². The van der Waals surface area contributed by atoms with Gasteiger partial charge >= 0.3 is 0 Å². The Morgan fingerprint density at radius 3 is 3.06 bits per heavy atom. The number of nitrogens with zero attached hydrogens (tertiary/aromatic N) is 3. The van der Waals surface area contributed by atoms with Gasteiger partial charge < -0.3 is 14.4 Å². The minimum Gasteiger partial charge on any atom is -0.350 e. The SMILES string of the molecule is Cn1cc(Br)cc1C(=O)NCCc1ncno1. The number of halogens is 1. The van der Waals surface area contributed by atoms with Crippen molar-refractivity contribution in [2.24, 2.45) is 7.05 Å². The molecule has 1 N–H and O–H groups in total. The van der Waals surface area contributed by atoms with E-state index in [1.54, 1.807) is 10.6 Å². The molecule has 2 aromatic heterocycles. The van der Waals surface area contributed by atoms with Gasteiger partial charge in [0, 0.05) is 30.7 Å². The van der Waals surface area contributed by atoms with Crippen molar-refractivity contribution in [1.29, 1.82) is 0 Å². The van der Waals surface area contributed by atoms with Crippen molar-refractivity contribution in [3.05, 3.63) is 34.6 Å². The summed E-state index contributed by atoms with van der Waals surface area (Å²) in [4.78, 5) is 15.7. The van der Waals surface area contributed by atoms with E-state index in [4.69, 9.17) is 4.52 Å². The van der Waals surface area contributed by atoms with Crippen LogP contribution in [0.2, 0.25) is 0 Å². The van der Waals surface area contributed by atoms with E-state index in [0.717, 1.165) is 4.47 Å². The third-order valence-electron chi connectivity index (χ3n) is 2.24. The molecule has 0 aliphatic rings. The van der Waals surface area contributed by atoms with Crippen LogP contribution in [0.15, 0.2) is 27.6 Å². The molecule has 0 atom stereocenters. The monoisotopic (exact) mass is 298 g/mol. The Labute approximate surface area is 106 Å². The number of carbonyl (C=O) groups excluding carboxylic acids is 1. The van der Waals surface area contributed by atoms with E-state index >= 15 is 0 Å². The molecule has 17 heavy (non-hydrogen) atoms. The molecular formula is C10H11BrN4O2. The molecule has 0 saturated heterocycles. The maximum Gasteiger partial charge on any atom is 0.267 e. The summed E-state index contributed by atoms with van der Waals surface area (Å²) in [7, 11) is 1.82. The molecule has 0 aromatic carbocycles. The number of rotatable bonds is 4. The minimum atomic E-state index is -0.127. The van der Waals surface area contributed by atoms with Crippen LogP contribution >= 0.6 is 15.9 Å². The molecule has 2 aromatic rings. The highest BCUT2D eigenvalue weighted by Gasteiger charge is 2.10. The number of aromatic nitrogens is 3. The lowest BCUT2D eigenvalue weighted by molar-refractivity contribution is 0.0945. The summed E-state index contributed by atoms with van der Waals surface area (Å²) in [5.41, 5.74) is 0.599. The van der Waals surface area contributed by atoms with Crippen molar-refractivity contribution in [1.82, 2.24) is 20.0 Å². The molecule has 0 radical (unpaired) electrons. The third-order valence-corrected chi connectivity index (χ3v) is 2.67. The second-order valence-electron chi connectivity index (χ2n) is 3.50. The van der Waals surface area contributed by atoms with Crippen LogP contribution in [-0.4, -0.2) is 27.2 Å². The van der Waals surface area contributed by atoms with E-state index in [9.17, 15) is 4.79 Å². The number of amides is 1. The molecule has 90 valence electrons. The first-order valence-electron chi connectivity index (χ1n) is 5.02. The quantitative estimate of drug-likeness (QED) is 0.919. The lowest BCUT2D eigenvalue weighted by atomic mass is 10.3. The topological polar surface area (TPSA) is 73.0 Å². The van der Waals surface area contributed by atoms with Crippen molar-refractivity contribution in [2.75, 3.05) is 6.54 Å². The first-order valence-corrected chi connectivity index (χ1v) is 5.81. The molecule has 2 heterocycles. The molecule has 0 fully saturated rings. The van der Waals surface area contributed by atoms with Crippen molar-refractivity contribution in [3.63, 3.8) is 0 Å². The summed E-state index contributed by atoms with van der Waals surface area (Å²) in [5, 5.41) is 6.27. The van der Waals surface area contributed by atoms with E-state index in [1.165, 1.54) is 6.33 Å². The van der Waals surface area contributed by atoms with Gasteiger partial charge in [-0.25, -0.2) is 0 Å². The van der Waals surface area contributed by atoms with Crippen LogP contribution < -0.4 is 5.32 Å². The fraction of sp³-hybridized carbons (Fsp3) is 0.300. The van der Waals surface area contributed by atoms with Gasteiger partial charge in [0.25, 0.3) is 5.91 Å². The number of nitrogens with one attached hydrogen (secondary N) is 1. The van der Waals surface area contributed by atoms with Crippen LogP contribution in [0.25, 0.3) is 0 Å². The van der Waals surface area contributed by atoms with Gasteiger partial charge in [-0.2, -0.15) is 4.98 Å². The second kappa shape index (κ2) is 5.13. The van der Waals surface area contributed by atoms with Gasteiger partial charge in [0.15, 0.2) is 6.33 Å². The largest absolute Gasteiger partial charge is 0.350 e. The zero-order valence-corrected chi connectivity index (χ0v) is 10.8. The smallest absolute Gasteiger partial charge is 0.267 e. The summed E-state index contributed by atoms with van der Waals surface area (Å²) in [5.74, 6) is 0.385. The zero-order valence-electron chi connectivity index (χ0n) is 9.18. The average Bonchev–Trinajstić information content (AvgIpc) is 2.88. The summed E-state index contributed by atoms with van der Waals surface area (Å²) in [6.07, 6.45) is 3.69. The zero-order chi connectivity index (χ0) is 12.3. The van der Waals surface area contributed by atoms with E-state index in [-0.39, 0.29) is 5.91 Å². The van der Waals surface area contributed by atoms with Crippen LogP contribution in [0.5, 0.6) is 0 Å². The molecule has 0 spiro atoms. The Kier molecular flexibility index (Phi) is 3.58. The first kappa shape index (κ1) is 11.8. The Hall–Kier alpha value is -1.63. The lowest BCUT2D eigenvalue weighted by Gasteiger charge is -2.04. The molecule has 0 bridgehead atoms. The van der Waals surface area contributed by atoms with E-state index in [0.29, 0.717) is 24.6 Å². The van der Waals surface area contributed by atoms with E-state index in [2.05, 4.69) is 31.4 Å². The molecule has 1 amide bonds. The fourth-order valence-electron chi connectivity index (χ4n) is 1.43. The van der Waals surface area contributed by atoms with Crippen LogP contribution in [0, 0.1) is 0 Å². The summed E-state index contributed by atoms with van der Waals surface area (Å²) in [6, 6.07) is 1.77. The molecule has 0 unspecified atom stereocenters. The van der Waals surface area contributed by atoms with Gasteiger partial charge in [0.2, 0.25) is 5.89 Å². The predicted octanol–water partition coefficient (Wildman–Crippen LogP) is 1.14. The van der Waals surface area contributed by atoms with Gasteiger partial charge in [0.05, 0.1) is 0 Å². The first-order chi connectivity index (χ1) is 8.16. The van der Waals surface area contributed by atoms with Crippen LogP contribution in [0.1, 0.15) is 16.4 Å². The van der Waals surface area contributed by atoms with Crippen LogP contribution in [-0.2, 0) is 13.5 Å². The minimum absolute atomic E-state index is 0.127. The maximum absolute atomic E-state index is 11.8. The molecule has 6 nitrogen and oxygen atoms in total. The van der Waals surface area contributed by atoms with Gasteiger partial charge in [-0.05, 0) is 22.0 Å². The predicted molar refractivity (Wildman–Crippen MR) is 63.4 cm³/mol. The van der Waals surface area contributed by atoms with E-state index in [1.807, 2.05) is 13.2 Å². The van der Waals surface area contributed by atoms with Gasteiger partial charge in [0.1, 0.15) is 5.69 Å². The van der Waals surface area contributed by atoms with Gasteiger partial charge in [-0.3, -0.25) is 4.79 Å². The highest BCUT2D eigenvalue weighted by molar-refractivity contribution is 9.10. The highest BCUT2D eigenvalue weighted by atomic mass is 79.9. The third kappa shape index (κ3) is 2.94. The molecule has 0 aliphatic heterocycles. The maximum atomic E-state index is 11.8. The van der Waals surface area contributed by atoms with Crippen molar-refractivity contribution >= 4 is 21.8 Å². The number of hydrogen-bond acceptors (Lipinski definition) is 4. The van der Waals surface area contributed by atoms with Crippen molar-refractivity contribution < 1.29 is 9.32 Å². The summed E-state index contributed by atoms with van der Waals surface area (Å²) in [6.45, 7) is 0.462. The normalized spacial score (nSPS) is 10.5. The second-order valence-corrected chi connectivity index (χ2v) is 4.41. The van der Waals surface area contributed by atoms with Gasteiger partial charge in [-0.1, -0.05) is 5.16 Å². The highest BCUT2D eigenvalue weighted by Crippen LogP contribution is 2.13. The summed E-state index contributed by atoms with van der Waals surface area (Å²) < 4.78 is 7.46. The molecule has 7 heteroatoms. The van der Waals surface area contributed by atoms with Crippen molar-refractivity contribution in [3.8, 4) is 0 Å². The number of aryl methyl sites for hydroxylation is 1. The average molecular weight is 299 g/mol. The summed E-state index contributed by atoms with van der Waals surface area (Å²) >= 11 is 3.32. The lowest BCUT2D eigenvalue weighted by Crippen LogP contribution is -2.27. The molecular weight excluding hydrogens is 288 g/mol. The fourth-order valence-corrected chi connectivity index (χ4v) is 1.95. The number of carbonyl (C=O) groups is 1. The van der Waals surface area contributed by atoms with Gasteiger partial charge in [-0.15, -0.1) is 0 Å². The molecule has 2 rings (SSSR count). The number of hydrogen-bond donors (Lipinski definition) is 1. The van der Waals surface area contributed by atoms with E-state index < -0.39 is 0 Å². The van der Waals surface area contributed by atoms with Crippen molar-refractivity contribution in [2.45, 2.75) is 6.42 Å². The molecule has 0 aliphatic carbocycles. The Balaban J connectivity index is 1.87. The Bertz CT molecular complexity index is 506. The van der Waals surface area contributed by atoms with Crippen LogP contribution in [0.4, 0.5) is 0 Å². The Morgan fingerprint density at radius 1 is 1.65 bits per heavy atom. The standard InChI is InChI=1S/C10H11BrN4O2/c1-15-5-7(11)4-8(15)10(16)12-3-2-9-13-6-14-17-9/h4-6H,2-3H2,1H3,(H,12,16). The molecule has 0 saturated carbocycles. The Morgan fingerprint density at radius 2 is 2.47 bits per heavy atom.